The molecular formula is C22H18Cl2N2O3. The van der Waals surface area contributed by atoms with Crippen LogP contribution in [-0.2, 0) is 6.54 Å². The molecule has 0 unspecified atom stereocenters. The minimum absolute atomic E-state index is 0.0454. The van der Waals surface area contributed by atoms with Crippen molar-refractivity contribution in [2.45, 2.75) is 20.4 Å². The van der Waals surface area contributed by atoms with Gasteiger partial charge in [0.2, 0.25) is 11.7 Å². The SMILES string of the molecule is C=CCn1nc(C)c(C(=O)c2ccc(Cl)cc2Cl)c1OC(=O)c1ccc(C)cc1. The van der Waals surface area contributed by atoms with E-state index >= 15 is 0 Å². The molecule has 148 valence electrons. The molecular weight excluding hydrogens is 411 g/mol. The maximum absolute atomic E-state index is 13.2. The molecule has 5 nitrogen and oxygen atoms in total. The lowest BCUT2D eigenvalue weighted by Gasteiger charge is -2.10. The summed E-state index contributed by atoms with van der Waals surface area (Å²) in [5.74, 6) is -0.957. The van der Waals surface area contributed by atoms with Gasteiger partial charge in [-0.05, 0) is 44.2 Å². The van der Waals surface area contributed by atoms with Crippen LogP contribution in [0.3, 0.4) is 0 Å². The molecule has 0 radical (unpaired) electrons. The van der Waals surface area contributed by atoms with Crippen LogP contribution in [0.2, 0.25) is 10.0 Å². The first-order chi connectivity index (χ1) is 13.8. The van der Waals surface area contributed by atoms with Crippen molar-refractivity contribution in [3.05, 3.63) is 93.1 Å². The van der Waals surface area contributed by atoms with E-state index in [0.29, 0.717) is 16.3 Å². The van der Waals surface area contributed by atoms with Gasteiger partial charge < -0.3 is 4.74 Å². The van der Waals surface area contributed by atoms with Crippen molar-refractivity contribution in [2.24, 2.45) is 0 Å². The molecule has 0 aliphatic carbocycles. The van der Waals surface area contributed by atoms with Crippen LogP contribution in [0.1, 0.15) is 37.5 Å². The van der Waals surface area contributed by atoms with Crippen LogP contribution in [0.4, 0.5) is 0 Å². The molecule has 0 atom stereocenters. The number of carbonyl (C=O) groups excluding carboxylic acids is 2. The summed E-state index contributed by atoms with van der Waals surface area (Å²) in [5.41, 5.74) is 2.20. The third-order valence-electron chi connectivity index (χ3n) is 4.26. The maximum Gasteiger partial charge on any atom is 0.344 e. The lowest BCUT2D eigenvalue weighted by molar-refractivity contribution is 0.0717. The molecule has 29 heavy (non-hydrogen) atoms. The fourth-order valence-electron chi connectivity index (χ4n) is 2.82. The molecule has 7 heteroatoms. The first-order valence-corrected chi connectivity index (χ1v) is 9.54. The lowest BCUT2D eigenvalue weighted by Crippen LogP contribution is -2.15. The molecule has 0 saturated carbocycles. The van der Waals surface area contributed by atoms with E-state index in [1.54, 1.807) is 31.2 Å². The molecule has 0 fully saturated rings. The summed E-state index contributed by atoms with van der Waals surface area (Å²) in [7, 11) is 0. The predicted octanol–water partition coefficient (Wildman–Crippen LogP) is 5.44. The zero-order valence-electron chi connectivity index (χ0n) is 15.9. The molecule has 0 aliphatic heterocycles. The van der Waals surface area contributed by atoms with E-state index in [1.807, 2.05) is 19.1 Å². The van der Waals surface area contributed by atoms with E-state index < -0.39 is 11.8 Å². The molecule has 0 bridgehead atoms. The van der Waals surface area contributed by atoms with Crippen LogP contribution >= 0.6 is 23.2 Å². The van der Waals surface area contributed by atoms with Gasteiger partial charge in [0.05, 0.1) is 22.8 Å². The van der Waals surface area contributed by atoms with E-state index in [1.165, 1.54) is 16.8 Å². The molecule has 2 aromatic carbocycles. The summed E-state index contributed by atoms with van der Waals surface area (Å²) >= 11 is 12.1. The minimum atomic E-state index is -0.591. The Hall–Kier alpha value is -2.89. The highest BCUT2D eigenvalue weighted by Crippen LogP contribution is 2.30. The monoisotopic (exact) mass is 428 g/mol. The van der Waals surface area contributed by atoms with Gasteiger partial charge in [-0.1, -0.05) is 47.0 Å². The fraction of sp³-hybridized carbons (Fsp3) is 0.136. The average molecular weight is 429 g/mol. The summed E-state index contributed by atoms with van der Waals surface area (Å²) in [6.07, 6.45) is 1.60. The highest BCUT2D eigenvalue weighted by Gasteiger charge is 2.27. The van der Waals surface area contributed by atoms with Crippen molar-refractivity contribution < 1.29 is 14.3 Å². The Balaban J connectivity index is 2.05. The summed E-state index contributed by atoms with van der Waals surface area (Å²) in [6.45, 7) is 7.54. The fourth-order valence-corrected chi connectivity index (χ4v) is 3.31. The number of hydrogen-bond donors (Lipinski definition) is 0. The second-order valence-electron chi connectivity index (χ2n) is 6.45. The number of ketones is 1. The van der Waals surface area contributed by atoms with Crippen LogP contribution in [0.25, 0.3) is 0 Å². The van der Waals surface area contributed by atoms with E-state index in [4.69, 9.17) is 27.9 Å². The number of esters is 1. The highest BCUT2D eigenvalue weighted by molar-refractivity contribution is 6.37. The summed E-state index contributed by atoms with van der Waals surface area (Å²) in [6, 6.07) is 11.5. The van der Waals surface area contributed by atoms with Crippen LogP contribution in [-0.4, -0.2) is 21.5 Å². The topological polar surface area (TPSA) is 61.2 Å². The van der Waals surface area contributed by atoms with Crippen molar-refractivity contribution in [2.75, 3.05) is 0 Å². The van der Waals surface area contributed by atoms with Gasteiger partial charge in [0, 0.05) is 10.6 Å². The normalized spacial score (nSPS) is 10.6. The molecule has 3 aromatic rings. The maximum atomic E-state index is 13.2. The summed E-state index contributed by atoms with van der Waals surface area (Å²) in [4.78, 5) is 25.9. The Kier molecular flexibility index (Phi) is 6.20. The molecule has 0 aliphatic rings. The molecule has 0 spiro atoms. The van der Waals surface area contributed by atoms with E-state index in [9.17, 15) is 9.59 Å². The van der Waals surface area contributed by atoms with Crippen molar-refractivity contribution in [3.63, 3.8) is 0 Å². The van der Waals surface area contributed by atoms with E-state index in [-0.39, 0.29) is 28.6 Å². The van der Waals surface area contributed by atoms with Gasteiger partial charge in [-0.3, -0.25) is 4.79 Å². The van der Waals surface area contributed by atoms with Gasteiger partial charge in [-0.2, -0.15) is 5.10 Å². The predicted molar refractivity (Wildman–Crippen MR) is 113 cm³/mol. The number of aromatic nitrogens is 2. The lowest BCUT2D eigenvalue weighted by atomic mass is 10.0. The third kappa shape index (κ3) is 4.42. The van der Waals surface area contributed by atoms with Gasteiger partial charge in [0.25, 0.3) is 0 Å². The first-order valence-electron chi connectivity index (χ1n) is 8.78. The molecule has 1 heterocycles. The number of hydrogen-bond acceptors (Lipinski definition) is 4. The third-order valence-corrected chi connectivity index (χ3v) is 4.81. The van der Waals surface area contributed by atoms with Crippen LogP contribution < -0.4 is 4.74 Å². The molecule has 0 amide bonds. The number of rotatable bonds is 6. The van der Waals surface area contributed by atoms with Crippen LogP contribution in [0, 0.1) is 13.8 Å². The van der Waals surface area contributed by atoms with Gasteiger partial charge in [-0.25, -0.2) is 9.48 Å². The molecule has 0 N–H and O–H groups in total. The Morgan fingerprint density at radius 2 is 1.83 bits per heavy atom. The van der Waals surface area contributed by atoms with Crippen molar-refractivity contribution >= 4 is 35.0 Å². The smallest absolute Gasteiger partial charge is 0.344 e. The van der Waals surface area contributed by atoms with Crippen LogP contribution in [0.5, 0.6) is 5.88 Å². The number of carbonyl (C=O) groups is 2. The summed E-state index contributed by atoms with van der Waals surface area (Å²) in [5, 5.41) is 4.95. The van der Waals surface area contributed by atoms with Gasteiger partial charge in [-0.15, -0.1) is 6.58 Å². The number of aryl methyl sites for hydroxylation is 2. The van der Waals surface area contributed by atoms with E-state index in [2.05, 4.69) is 11.7 Å². The number of benzene rings is 2. The average Bonchev–Trinajstić information content (AvgIpc) is 2.97. The number of nitrogens with zero attached hydrogens (tertiary/aromatic N) is 2. The van der Waals surface area contributed by atoms with Crippen molar-refractivity contribution in [3.8, 4) is 5.88 Å². The highest BCUT2D eigenvalue weighted by atomic mass is 35.5. The zero-order valence-corrected chi connectivity index (χ0v) is 17.4. The first kappa shape index (κ1) is 20.8. The molecule has 3 rings (SSSR count). The second-order valence-corrected chi connectivity index (χ2v) is 7.29. The Morgan fingerprint density at radius 3 is 2.45 bits per heavy atom. The van der Waals surface area contributed by atoms with Crippen molar-refractivity contribution in [1.29, 1.82) is 0 Å². The van der Waals surface area contributed by atoms with Gasteiger partial charge in [0.1, 0.15) is 5.56 Å². The van der Waals surface area contributed by atoms with Gasteiger partial charge in [0.15, 0.2) is 0 Å². The Bertz CT molecular complexity index is 1100. The quantitative estimate of drug-likeness (QED) is 0.297. The summed E-state index contributed by atoms with van der Waals surface area (Å²) < 4.78 is 7.03. The van der Waals surface area contributed by atoms with Crippen LogP contribution in [0.15, 0.2) is 55.1 Å². The minimum Gasteiger partial charge on any atom is -0.403 e. The number of halogens is 2. The number of ether oxygens (including phenoxy) is 1. The Morgan fingerprint density at radius 1 is 1.14 bits per heavy atom. The standard InChI is InChI=1S/C22H18Cl2N2O3/c1-4-11-26-21(29-22(28)15-7-5-13(2)6-8-15)19(14(3)25-26)20(27)17-10-9-16(23)12-18(17)24/h4-10,12H,1,11H2,2-3H3. The molecule has 0 saturated heterocycles. The van der Waals surface area contributed by atoms with Gasteiger partial charge >= 0.3 is 5.97 Å². The van der Waals surface area contributed by atoms with Crippen molar-refractivity contribution in [1.82, 2.24) is 9.78 Å². The second kappa shape index (κ2) is 8.64. The number of allylic oxidation sites excluding steroid dienone is 1. The Labute approximate surface area is 178 Å². The zero-order chi connectivity index (χ0) is 21.1. The molecule has 1 aromatic heterocycles. The largest absolute Gasteiger partial charge is 0.403 e. The van der Waals surface area contributed by atoms with E-state index in [0.717, 1.165) is 5.56 Å².